The number of nitrogens with zero attached hydrogens (tertiary/aromatic N) is 3. The number of halogens is 2. The molecule has 0 spiro atoms. The van der Waals surface area contributed by atoms with Crippen LogP contribution in [-0.4, -0.2) is 20.7 Å². The SMILES string of the molecule is CCCn1nc(C(=O)Nc2ncc(Cc3cccc(Cl)c3Cl)s2)c2ccccc2c1=O. The van der Waals surface area contributed by atoms with Gasteiger partial charge < -0.3 is 0 Å². The van der Waals surface area contributed by atoms with E-state index in [1.807, 2.05) is 19.1 Å². The summed E-state index contributed by atoms with van der Waals surface area (Å²) in [5, 5.41) is 9.55. The van der Waals surface area contributed by atoms with Gasteiger partial charge in [-0.2, -0.15) is 5.10 Å². The Labute approximate surface area is 192 Å². The number of amides is 1. The zero-order valence-corrected chi connectivity index (χ0v) is 18.9. The second kappa shape index (κ2) is 9.18. The third kappa shape index (κ3) is 4.49. The maximum absolute atomic E-state index is 13.0. The highest BCUT2D eigenvalue weighted by Crippen LogP contribution is 2.29. The molecule has 2 aromatic carbocycles. The van der Waals surface area contributed by atoms with Gasteiger partial charge >= 0.3 is 0 Å². The van der Waals surface area contributed by atoms with Crippen LogP contribution in [0.1, 0.15) is 34.3 Å². The maximum atomic E-state index is 13.0. The second-order valence-electron chi connectivity index (χ2n) is 6.90. The van der Waals surface area contributed by atoms with Gasteiger partial charge in [-0.3, -0.25) is 14.9 Å². The number of fused-ring (bicyclic) bond motifs is 1. The van der Waals surface area contributed by atoms with Crippen molar-refractivity contribution in [2.75, 3.05) is 5.32 Å². The molecule has 9 heteroatoms. The minimum atomic E-state index is -0.414. The Morgan fingerprint density at radius 2 is 1.90 bits per heavy atom. The monoisotopic (exact) mass is 472 g/mol. The lowest BCUT2D eigenvalue weighted by Gasteiger charge is -2.09. The number of anilines is 1. The molecule has 31 heavy (non-hydrogen) atoms. The fraction of sp³-hybridized carbons (Fsp3) is 0.182. The van der Waals surface area contributed by atoms with Gasteiger partial charge in [0, 0.05) is 29.4 Å². The highest BCUT2D eigenvalue weighted by molar-refractivity contribution is 7.15. The summed E-state index contributed by atoms with van der Waals surface area (Å²) in [6, 6.07) is 12.5. The van der Waals surface area contributed by atoms with Gasteiger partial charge in [0.1, 0.15) is 0 Å². The first kappa shape index (κ1) is 21.5. The van der Waals surface area contributed by atoms with E-state index in [4.69, 9.17) is 23.2 Å². The molecule has 1 amide bonds. The predicted molar refractivity (Wildman–Crippen MR) is 126 cm³/mol. The Morgan fingerprint density at radius 3 is 2.68 bits per heavy atom. The van der Waals surface area contributed by atoms with E-state index in [0.29, 0.717) is 38.9 Å². The summed E-state index contributed by atoms with van der Waals surface area (Å²) in [5.41, 5.74) is 0.872. The van der Waals surface area contributed by atoms with Crippen molar-refractivity contribution in [3.63, 3.8) is 0 Å². The van der Waals surface area contributed by atoms with Crippen LogP contribution in [0.3, 0.4) is 0 Å². The van der Waals surface area contributed by atoms with Crippen LogP contribution in [0.4, 0.5) is 5.13 Å². The smallest absolute Gasteiger partial charge is 0.278 e. The number of hydrogen-bond donors (Lipinski definition) is 1. The van der Waals surface area contributed by atoms with E-state index >= 15 is 0 Å². The number of benzene rings is 2. The Kier molecular flexibility index (Phi) is 6.36. The second-order valence-corrected chi connectivity index (χ2v) is 8.80. The summed E-state index contributed by atoms with van der Waals surface area (Å²) >= 11 is 13.7. The van der Waals surface area contributed by atoms with Crippen molar-refractivity contribution in [3.05, 3.63) is 85.2 Å². The van der Waals surface area contributed by atoms with E-state index < -0.39 is 5.91 Å². The minimum Gasteiger partial charge on any atom is -0.296 e. The van der Waals surface area contributed by atoms with E-state index in [-0.39, 0.29) is 11.3 Å². The van der Waals surface area contributed by atoms with E-state index in [0.717, 1.165) is 16.9 Å². The Balaban J connectivity index is 1.61. The van der Waals surface area contributed by atoms with Gasteiger partial charge in [-0.25, -0.2) is 9.67 Å². The molecule has 4 rings (SSSR count). The third-order valence-corrected chi connectivity index (χ3v) is 6.46. The average molecular weight is 473 g/mol. The van der Waals surface area contributed by atoms with Crippen LogP contribution < -0.4 is 10.9 Å². The van der Waals surface area contributed by atoms with E-state index in [2.05, 4.69) is 15.4 Å². The lowest BCUT2D eigenvalue weighted by molar-refractivity contribution is 0.102. The van der Waals surface area contributed by atoms with Crippen molar-refractivity contribution in [1.82, 2.24) is 14.8 Å². The average Bonchev–Trinajstić information content (AvgIpc) is 3.20. The highest BCUT2D eigenvalue weighted by Gasteiger charge is 2.18. The number of aryl methyl sites for hydroxylation is 1. The van der Waals surface area contributed by atoms with Crippen molar-refractivity contribution >= 4 is 56.3 Å². The molecule has 6 nitrogen and oxygen atoms in total. The van der Waals surface area contributed by atoms with Gasteiger partial charge in [-0.05, 0) is 24.1 Å². The number of thiazole rings is 1. The zero-order valence-electron chi connectivity index (χ0n) is 16.6. The van der Waals surface area contributed by atoms with Crippen LogP contribution >= 0.6 is 34.5 Å². The van der Waals surface area contributed by atoms with Crippen molar-refractivity contribution < 1.29 is 4.79 Å². The summed E-state index contributed by atoms with van der Waals surface area (Å²) < 4.78 is 1.34. The molecule has 0 bridgehead atoms. The number of aromatic nitrogens is 3. The molecule has 0 radical (unpaired) electrons. The Hall–Kier alpha value is -2.74. The van der Waals surface area contributed by atoms with E-state index in [1.54, 1.807) is 36.5 Å². The molecule has 0 aliphatic rings. The molecule has 0 fully saturated rings. The molecule has 158 valence electrons. The molecular weight excluding hydrogens is 455 g/mol. The summed E-state index contributed by atoms with van der Waals surface area (Å²) in [6.07, 6.45) is 2.98. The molecule has 1 N–H and O–H groups in total. The van der Waals surface area contributed by atoms with Crippen LogP contribution in [0.25, 0.3) is 10.8 Å². The molecule has 0 aliphatic carbocycles. The lowest BCUT2D eigenvalue weighted by Crippen LogP contribution is -2.27. The molecule has 4 aromatic rings. The lowest BCUT2D eigenvalue weighted by atomic mass is 10.1. The first-order valence-electron chi connectivity index (χ1n) is 9.66. The molecule has 0 saturated carbocycles. The van der Waals surface area contributed by atoms with Crippen molar-refractivity contribution in [2.45, 2.75) is 26.3 Å². The topological polar surface area (TPSA) is 76.9 Å². The molecule has 2 aromatic heterocycles. The predicted octanol–water partition coefficient (Wildman–Crippen LogP) is 5.41. The fourth-order valence-electron chi connectivity index (χ4n) is 3.24. The molecule has 0 atom stereocenters. The number of rotatable bonds is 6. The normalized spacial score (nSPS) is 11.1. The highest BCUT2D eigenvalue weighted by atomic mass is 35.5. The third-order valence-electron chi connectivity index (χ3n) is 4.69. The minimum absolute atomic E-state index is 0.193. The standard InChI is InChI=1S/C22H18Cl2N4O2S/c1-2-10-28-21(30)16-8-4-3-7-15(16)19(27-28)20(29)26-22-25-12-14(31-22)11-13-6-5-9-17(23)18(13)24/h3-9,12H,2,10-11H2,1H3,(H,25,26,29). The number of carbonyl (C=O) groups is 1. The Bertz CT molecular complexity index is 1330. The van der Waals surface area contributed by atoms with E-state index in [9.17, 15) is 9.59 Å². The number of carbonyl (C=O) groups excluding carboxylic acids is 1. The van der Waals surface area contributed by atoms with Gasteiger partial charge in [0.2, 0.25) is 0 Å². The fourth-order valence-corrected chi connectivity index (χ4v) is 4.46. The quantitative estimate of drug-likeness (QED) is 0.406. The van der Waals surface area contributed by atoms with Crippen LogP contribution in [0, 0.1) is 0 Å². The Morgan fingerprint density at radius 1 is 1.13 bits per heavy atom. The molecule has 2 heterocycles. The van der Waals surface area contributed by atoms with Gasteiger partial charge in [0.15, 0.2) is 10.8 Å². The van der Waals surface area contributed by atoms with Crippen molar-refractivity contribution in [1.29, 1.82) is 0 Å². The van der Waals surface area contributed by atoms with Gasteiger partial charge in [0.05, 0.1) is 15.4 Å². The van der Waals surface area contributed by atoms with E-state index in [1.165, 1.54) is 16.0 Å². The summed E-state index contributed by atoms with van der Waals surface area (Å²) in [7, 11) is 0. The van der Waals surface area contributed by atoms with Gasteiger partial charge in [-0.15, -0.1) is 11.3 Å². The number of hydrogen-bond acceptors (Lipinski definition) is 5. The molecular formula is C22H18Cl2N4O2S. The zero-order chi connectivity index (χ0) is 22.0. The van der Waals surface area contributed by atoms with Crippen LogP contribution in [0.15, 0.2) is 53.5 Å². The summed E-state index contributed by atoms with van der Waals surface area (Å²) in [4.78, 5) is 30.8. The molecule has 0 unspecified atom stereocenters. The molecule has 0 aliphatic heterocycles. The largest absolute Gasteiger partial charge is 0.296 e. The van der Waals surface area contributed by atoms with Gasteiger partial charge in [-0.1, -0.05) is 60.5 Å². The van der Waals surface area contributed by atoms with Crippen LogP contribution in [0.2, 0.25) is 10.0 Å². The summed E-state index contributed by atoms with van der Waals surface area (Å²) in [6.45, 7) is 2.39. The van der Waals surface area contributed by atoms with Crippen molar-refractivity contribution in [3.8, 4) is 0 Å². The first-order valence-corrected chi connectivity index (χ1v) is 11.2. The maximum Gasteiger partial charge on any atom is 0.278 e. The molecule has 0 saturated heterocycles. The van der Waals surface area contributed by atoms with Crippen LogP contribution in [-0.2, 0) is 13.0 Å². The van der Waals surface area contributed by atoms with Crippen molar-refractivity contribution in [2.24, 2.45) is 0 Å². The van der Waals surface area contributed by atoms with Crippen LogP contribution in [0.5, 0.6) is 0 Å². The van der Waals surface area contributed by atoms with Gasteiger partial charge in [0.25, 0.3) is 11.5 Å². The first-order chi connectivity index (χ1) is 15.0. The summed E-state index contributed by atoms with van der Waals surface area (Å²) in [5.74, 6) is -0.414. The number of nitrogens with one attached hydrogen (secondary N) is 1.